The molecule has 2 aromatic carbocycles. The summed E-state index contributed by atoms with van der Waals surface area (Å²) < 4.78 is 34.2. The fourth-order valence-electron chi connectivity index (χ4n) is 3.09. The fourth-order valence-corrected chi connectivity index (χ4v) is 3.60. The van der Waals surface area contributed by atoms with E-state index in [4.69, 9.17) is 14.6 Å². The second-order valence-corrected chi connectivity index (χ2v) is 8.74. The quantitative estimate of drug-likeness (QED) is 0.272. The summed E-state index contributed by atoms with van der Waals surface area (Å²) in [6.07, 6.45) is 0.983. The number of rotatable bonds is 7. The van der Waals surface area contributed by atoms with Gasteiger partial charge < -0.3 is 20.1 Å². The minimum absolute atomic E-state index is 0. The Morgan fingerprint density at radius 3 is 2.52 bits per heavy atom. The Kier molecular flexibility index (Phi) is 9.54. The lowest BCUT2D eigenvalue weighted by Gasteiger charge is -2.18. The van der Waals surface area contributed by atoms with Gasteiger partial charge in [0.2, 0.25) is 10.0 Å². The lowest BCUT2D eigenvalue weighted by molar-refractivity contribution is 0.140. The van der Waals surface area contributed by atoms with Gasteiger partial charge in [-0.15, -0.1) is 24.0 Å². The van der Waals surface area contributed by atoms with Crippen LogP contribution in [0.3, 0.4) is 0 Å². The SMILES string of the molecule is CN=C(NCc1ccc(S(N)(=O)=O)cc1)NCc1ccc(C)cc1OC1CCOC1.I. The van der Waals surface area contributed by atoms with E-state index in [0.717, 1.165) is 35.5 Å². The first-order valence-corrected chi connectivity index (χ1v) is 11.3. The Morgan fingerprint density at radius 1 is 1.19 bits per heavy atom. The molecule has 170 valence electrons. The highest BCUT2D eigenvalue weighted by atomic mass is 127. The summed E-state index contributed by atoms with van der Waals surface area (Å²) in [5, 5.41) is 11.6. The van der Waals surface area contributed by atoms with E-state index in [1.807, 2.05) is 19.1 Å². The fraction of sp³-hybridized carbons (Fsp3) is 0.381. The molecule has 0 bridgehead atoms. The molecule has 31 heavy (non-hydrogen) atoms. The van der Waals surface area contributed by atoms with Crippen LogP contribution in [0.2, 0.25) is 0 Å². The predicted octanol–water partition coefficient (Wildman–Crippen LogP) is 2.29. The number of hydrogen-bond donors (Lipinski definition) is 3. The maximum atomic E-state index is 11.3. The first-order chi connectivity index (χ1) is 14.3. The van der Waals surface area contributed by atoms with Crippen molar-refractivity contribution < 1.29 is 17.9 Å². The number of hydrogen-bond acceptors (Lipinski definition) is 5. The van der Waals surface area contributed by atoms with E-state index in [0.29, 0.717) is 25.7 Å². The lowest BCUT2D eigenvalue weighted by Crippen LogP contribution is -2.36. The number of benzene rings is 2. The zero-order valence-corrected chi connectivity index (χ0v) is 20.8. The van der Waals surface area contributed by atoms with Gasteiger partial charge in [0.25, 0.3) is 0 Å². The number of nitrogens with one attached hydrogen (secondary N) is 2. The molecule has 1 heterocycles. The third kappa shape index (κ3) is 7.63. The number of sulfonamides is 1. The molecule has 1 atom stereocenters. The molecule has 10 heteroatoms. The Bertz CT molecular complexity index is 991. The van der Waals surface area contributed by atoms with Crippen molar-refractivity contribution >= 4 is 40.0 Å². The highest BCUT2D eigenvalue weighted by molar-refractivity contribution is 14.0. The number of aryl methyl sites for hydroxylation is 1. The van der Waals surface area contributed by atoms with Crippen molar-refractivity contribution in [3.8, 4) is 5.75 Å². The van der Waals surface area contributed by atoms with E-state index in [-0.39, 0.29) is 35.0 Å². The summed E-state index contributed by atoms with van der Waals surface area (Å²) in [6, 6.07) is 12.6. The predicted molar refractivity (Wildman–Crippen MR) is 131 cm³/mol. The largest absolute Gasteiger partial charge is 0.488 e. The van der Waals surface area contributed by atoms with Crippen molar-refractivity contribution in [3.63, 3.8) is 0 Å². The lowest BCUT2D eigenvalue weighted by atomic mass is 10.1. The smallest absolute Gasteiger partial charge is 0.238 e. The van der Waals surface area contributed by atoms with Crippen molar-refractivity contribution in [2.24, 2.45) is 10.1 Å². The van der Waals surface area contributed by atoms with Crippen LogP contribution >= 0.6 is 24.0 Å². The molecule has 2 aromatic rings. The number of halogens is 1. The average molecular weight is 560 g/mol. The minimum atomic E-state index is -3.69. The topological polar surface area (TPSA) is 115 Å². The Hall–Kier alpha value is -1.89. The molecule has 8 nitrogen and oxygen atoms in total. The summed E-state index contributed by atoms with van der Waals surface area (Å²) in [7, 11) is -1.99. The monoisotopic (exact) mass is 560 g/mol. The van der Waals surface area contributed by atoms with Crippen LogP contribution in [0.1, 0.15) is 23.1 Å². The number of nitrogens with zero attached hydrogens (tertiary/aromatic N) is 1. The maximum absolute atomic E-state index is 11.3. The summed E-state index contributed by atoms with van der Waals surface area (Å²) in [5.41, 5.74) is 3.08. The highest BCUT2D eigenvalue weighted by Gasteiger charge is 2.18. The minimum Gasteiger partial charge on any atom is -0.488 e. The Labute approximate surface area is 200 Å². The molecule has 0 saturated carbocycles. The van der Waals surface area contributed by atoms with E-state index >= 15 is 0 Å². The summed E-state index contributed by atoms with van der Waals surface area (Å²) >= 11 is 0. The first kappa shape index (κ1) is 25.4. The molecule has 0 spiro atoms. The molecule has 0 amide bonds. The van der Waals surface area contributed by atoms with Gasteiger partial charge in [0.05, 0.1) is 18.1 Å². The molecule has 1 aliphatic heterocycles. The van der Waals surface area contributed by atoms with Gasteiger partial charge >= 0.3 is 0 Å². The van der Waals surface area contributed by atoms with E-state index in [9.17, 15) is 8.42 Å². The van der Waals surface area contributed by atoms with E-state index < -0.39 is 10.0 Å². The van der Waals surface area contributed by atoms with Crippen LogP contribution < -0.4 is 20.5 Å². The zero-order chi connectivity index (χ0) is 21.6. The maximum Gasteiger partial charge on any atom is 0.238 e. The van der Waals surface area contributed by atoms with Gasteiger partial charge in [0.15, 0.2) is 5.96 Å². The molecule has 3 rings (SSSR count). The second-order valence-electron chi connectivity index (χ2n) is 7.18. The standard InChI is InChI=1S/C21H28N4O4S.HI/c1-15-3-6-17(20(11-15)29-18-9-10-28-14-18)13-25-21(23-2)24-12-16-4-7-19(8-5-16)30(22,26)27;/h3-8,11,18H,9-10,12-14H2,1-2H3,(H2,22,26,27)(H2,23,24,25);1H. The molecule has 1 fully saturated rings. The number of aliphatic imine (C=N–C) groups is 1. The second kappa shape index (κ2) is 11.7. The summed E-state index contributed by atoms with van der Waals surface area (Å²) in [4.78, 5) is 4.33. The first-order valence-electron chi connectivity index (χ1n) is 9.75. The van der Waals surface area contributed by atoms with Gasteiger partial charge in [0.1, 0.15) is 11.9 Å². The van der Waals surface area contributed by atoms with Crippen LogP contribution in [0.15, 0.2) is 52.4 Å². The van der Waals surface area contributed by atoms with E-state index in [1.54, 1.807) is 19.2 Å². The number of nitrogens with two attached hydrogens (primary N) is 1. The Morgan fingerprint density at radius 2 is 1.90 bits per heavy atom. The average Bonchev–Trinajstić information content (AvgIpc) is 3.22. The van der Waals surface area contributed by atoms with Crippen LogP contribution in [0, 0.1) is 6.92 Å². The Balaban J connectivity index is 0.00000341. The van der Waals surface area contributed by atoms with Crippen LogP contribution in [-0.2, 0) is 27.8 Å². The number of guanidine groups is 1. The van der Waals surface area contributed by atoms with Crippen LogP contribution in [0.5, 0.6) is 5.75 Å². The highest BCUT2D eigenvalue weighted by Crippen LogP contribution is 2.23. The van der Waals surface area contributed by atoms with Gasteiger partial charge in [0, 0.05) is 32.1 Å². The van der Waals surface area contributed by atoms with Gasteiger partial charge in [-0.25, -0.2) is 13.6 Å². The van der Waals surface area contributed by atoms with E-state index in [1.165, 1.54) is 12.1 Å². The number of ether oxygens (including phenoxy) is 2. The molecular formula is C21H29IN4O4S. The third-order valence-corrected chi connectivity index (χ3v) is 5.72. The zero-order valence-electron chi connectivity index (χ0n) is 17.6. The molecule has 0 radical (unpaired) electrons. The molecule has 1 aliphatic rings. The van der Waals surface area contributed by atoms with Crippen molar-refractivity contribution in [2.45, 2.75) is 37.4 Å². The van der Waals surface area contributed by atoms with Gasteiger partial charge in [-0.3, -0.25) is 4.99 Å². The molecule has 1 unspecified atom stereocenters. The number of primary sulfonamides is 1. The molecule has 0 aromatic heterocycles. The molecule has 1 saturated heterocycles. The van der Waals surface area contributed by atoms with Gasteiger partial charge in [-0.05, 0) is 36.2 Å². The van der Waals surface area contributed by atoms with Crippen LogP contribution in [-0.4, -0.2) is 40.7 Å². The van der Waals surface area contributed by atoms with Crippen molar-refractivity contribution in [3.05, 3.63) is 59.2 Å². The van der Waals surface area contributed by atoms with E-state index in [2.05, 4.69) is 21.7 Å². The molecule has 4 N–H and O–H groups in total. The molecular weight excluding hydrogens is 531 g/mol. The molecule has 0 aliphatic carbocycles. The third-order valence-electron chi connectivity index (χ3n) is 4.79. The van der Waals surface area contributed by atoms with Crippen molar-refractivity contribution in [1.82, 2.24) is 10.6 Å². The van der Waals surface area contributed by atoms with Gasteiger partial charge in [-0.2, -0.15) is 0 Å². The van der Waals surface area contributed by atoms with Crippen molar-refractivity contribution in [2.75, 3.05) is 20.3 Å². The van der Waals surface area contributed by atoms with Crippen LogP contribution in [0.4, 0.5) is 0 Å². The summed E-state index contributed by atoms with van der Waals surface area (Å²) in [5.74, 6) is 1.48. The van der Waals surface area contributed by atoms with Crippen molar-refractivity contribution in [1.29, 1.82) is 0 Å². The van der Waals surface area contributed by atoms with Crippen LogP contribution in [0.25, 0.3) is 0 Å². The van der Waals surface area contributed by atoms with Gasteiger partial charge in [-0.1, -0.05) is 24.3 Å². The normalized spacial score (nSPS) is 16.5. The summed E-state index contributed by atoms with van der Waals surface area (Å²) in [6.45, 7) is 4.43.